The number of β-amino-alcohol motifs (C(OH)–C–C–N with tert-alkyl or cyclic N) is 2. The smallest absolute Gasteiger partial charge is 0.223 e. The van der Waals surface area contributed by atoms with Crippen molar-refractivity contribution in [3.05, 3.63) is 35.4 Å². The Kier molecular flexibility index (Phi) is 4.11. The second-order valence-electron chi connectivity index (χ2n) is 4.68. The van der Waals surface area contributed by atoms with Gasteiger partial charge < -0.3 is 15.1 Å². The van der Waals surface area contributed by atoms with Gasteiger partial charge in [0.2, 0.25) is 5.91 Å². The molecule has 4 nitrogen and oxygen atoms in total. The molecule has 1 saturated heterocycles. The minimum atomic E-state index is -0.933. The van der Waals surface area contributed by atoms with E-state index in [0.717, 1.165) is 12.1 Å². The van der Waals surface area contributed by atoms with Crippen LogP contribution in [0, 0.1) is 11.6 Å². The van der Waals surface area contributed by atoms with Crippen molar-refractivity contribution < 1.29 is 23.8 Å². The molecule has 1 aliphatic rings. The van der Waals surface area contributed by atoms with E-state index in [1.54, 1.807) is 0 Å². The molecule has 1 aliphatic heterocycles. The van der Waals surface area contributed by atoms with Gasteiger partial charge in [-0.2, -0.15) is 0 Å². The van der Waals surface area contributed by atoms with E-state index in [2.05, 4.69) is 0 Å². The van der Waals surface area contributed by atoms with Crippen molar-refractivity contribution in [1.29, 1.82) is 0 Å². The molecule has 0 saturated carbocycles. The molecule has 2 rings (SSSR count). The number of aliphatic hydroxyl groups excluding tert-OH is 2. The highest BCUT2D eigenvalue weighted by Gasteiger charge is 2.32. The van der Waals surface area contributed by atoms with Crippen LogP contribution in [0.1, 0.15) is 12.0 Å². The zero-order chi connectivity index (χ0) is 14.0. The van der Waals surface area contributed by atoms with E-state index in [-0.39, 0.29) is 25.4 Å². The summed E-state index contributed by atoms with van der Waals surface area (Å²) in [5, 5.41) is 18.7. The molecular weight excluding hydrogens is 256 g/mol. The zero-order valence-corrected chi connectivity index (χ0v) is 10.2. The number of rotatable bonds is 3. The largest absolute Gasteiger partial charge is 0.388 e. The number of carbonyl (C=O) groups excluding carboxylic acids is 1. The van der Waals surface area contributed by atoms with Crippen molar-refractivity contribution >= 4 is 5.91 Å². The number of amides is 1. The first-order valence-corrected chi connectivity index (χ1v) is 6.05. The number of halogens is 2. The molecular formula is C13H15F2NO3. The summed E-state index contributed by atoms with van der Waals surface area (Å²) < 4.78 is 25.7. The summed E-state index contributed by atoms with van der Waals surface area (Å²) in [6, 6.07) is 3.52. The maximum absolute atomic E-state index is 13.0. The third-order valence-corrected chi connectivity index (χ3v) is 3.22. The molecule has 2 atom stereocenters. The minimum absolute atomic E-state index is 0.109. The predicted molar refractivity (Wildman–Crippen MR) is 63.3 cm³/mol. The van der Waals surface area contributed by atoms with E-state index >= 15 is 0 Å². The molecule has 0 unspecified atom stereocenters. The Morgan fingerprint density at radius 1 is 1.21 bits per heavy atom. The van der Waals surface area contributed by atoms with Crippen molar-refractivity contribution in [3.63, 3.8) is 0 Å². The van der Waals surface area contributed by atoms with E-state index in [0.29, 0.717) is 12.0 Å². The van der Waals surface area contributed by atoms with E-state index < -0.39 is 23.8 Å². The summed E-state index contributed by atoms with van der Waals surface area (Å²) in [6.45, 7) is 0.218. The average Bonchev–Trinajstić information content (AvgIpc) is 2.71. The van der Waals surface area contributed by atoms with Crippen molar-refractivity contribution in [2.45, 2.75) is 25.0 Å². The lowest BCUT2D eigenvalue weighted by Gasteiger charge is -2.15. The summed E-state index contributed by atoms with van der Waals surface area (Å²) in [7, 11) is 0. The third-order valence-electron chi connectivity index (χ3n) is 3.22. The molecule has 1 amide bonds. The Morgan fingerprint density at radius 3 is 2.42 bits per heavy atom. The number of aryl methyl sites for hydroxylation is 1. The second-order valence-corrected chi connectivity index (χ2v) is 4.68. The van der Waals surface area contributed by atoms with Gasteiger partial charge in [0, 0.05) is 19.5 Å². The van der Waals surface area contributed by atoms with Gasteiger partial charge in [0.05, 0.1) is 12.2 Å². The number of hydrogen-bond donors (Lipinski definition) is 2. The van der Waals surface area contributed by atoms with Gasteiger partial charge in [0.25, 0.3) is 0 Å². The van der Waals surface area contributed by atoms with Gasteiger partial charge in [0.15, 0.2) is 11.6 Å². The lowest BCUT2D eigenvalue weighted by atomic mass is 10.1. The van der Waals surface area contributed by atoms with Crippen LogP contribution in [0.2, 0.25) is 0 Å². The maximum Gasteiger partial charge on any atom is 0.223 e. The van der Waals surface area contributed by atoms with Gasteiger partial charge >= 0.3 is 0 Å². The quantitative estimate of drug-likeness (QED) is 0.839. The topological polar surface area (TPSA) is 60.8 Å². The van der Waals surface area contributed by atoms with Crippen molar-refractivity contribution in [3.8, 4) is 0 Å². The van der Waals surface area contributed by atoms with E-state index in [4.69, 9.17) is 0 Å². The molecule has 1 fully saturated rings. The highest BCUT2D eigenvalue weighted by Crippen LogP contribution is 2.14. The Hall–Kier alpha value is -1.53. The van der Waals surface area contributed by atoms with Crippen LogP contribution in [0.5, 0.6) is 0 Å². The normalized spacial score (nSPS) is 22.8. The summed E-state index contributed by atoms with van der Waals surface area (Å²) in [6.07, 6.45) is -1.40. The second kappa shape index (κ2) is 5.63. The van der Waals surface area contributed by atoms with Crippen LogP contribution in [0.25, 0.3) is 0 Å². The highest BCUT2D eigenvalue weighted by atomic mass is 19.2. The molecule has 0 radical (unpaired) electrons. The van der Waals surface area contributed by atoms with E-state index in [9.17, 15) is 23.8 Å². The molecule has 19 heavy (non-hydrogen) atoms. The zero-order valence-electron chi connectivity index (χ0n) is 10.2. The van der Waals surface area contributed by atoms with Crippen LogP contribution in [0.4, 0.5) is 8.78 Å². The number of nitrogens with zero attached hydrogens (tertiary/aromatic N) is 1. The number of benzene rings is 1. The Morgan fingerprint density at radius 2 is 1.84 bits per heavy atom. The standard InChI is InChI=1S/C13H15F2NO3/c14-9-3-1-8(5-10(9)15)2-4-13(19)16-6-11(17)12(18)7-16/h1,3,5,11-12,17-18H,2,4,6-7H2/t11-,12+. The summed E-state index contributed by atoms with van der Waals surface area (Å²) in [5.41, 5.74) is 0.535. The van der Waals surface area contributed by atoms with E-state index in [1.807, 2.05) is 0 Å². The van der Waals surface area contributed by atoms with Crippen LogP contribution >= 0.6 is 0 Å². The Labute approximate surface area is 109 Å². The van der Waals surface area contributed by atoms with Crippen LogP contribution in [0.15, 0.2) is 18.2 Å². The fourth-order valence-electron chi connectivity index (χ4n) is 2.08. The summed E-state index contributed by atoms with van der Waals surface area (Å²) in [5.74, 6) is -2.07. The van der Waals surface area contributed by atoms with Crippen molar-refractivity contribution in [1.82, 2.24) is 4.90 Å². The van der Waals surface area contributed by atoms with E-state index in [1.165, 1.54) is 11.0 Å². The van der Waals surface area contributed by atoms with Crippen LogP contribution in [-0.4, -0.2) is 46.3 Å². The number of hydrogen-bond acceptors (Lipinski definition) is 3. The molecule has 2 N–H and O–H groups in total. The fraction of sp³-hybridized carbons (Fsp3) is 0.462. The van der Waals surface area contributed by atoms with Gasteiger partial charge in [-0.25, -0.2) is 8.78 Å². The van der Waals surface area contributed by atoms with Crippen LogP contribution < -0.4 is 0 Å². The number of likely N-dealkylation sites (tertiary alicyclic amines) is 1. The lowest BCUT2D eigenvalue weighted by Crippen LogP contribution is -2.29. The maximum atomic E-state index is 13.0. The molecule has 1 aromatic carbocycles. The molecule has 0 aliphatic carbocycles. The van der Waals surface area contributed by atoms with Crippen molar-refractivity contribution in [2.75, 3.05) is 13.1 Å². The van der Waals surface area contributed by atoms with Gasteiger partial charge in [-0.15, -0.1) is 0 Å². The predicted octanol–water partition coefficient (Wildman–Crippen LogP) is 0.461. The molecule has 0 spiro atoms. The summed E-state index contributed by atoms with van der Waals surface area (Å²) >= 11 is 0. The lowest BCUT2D eigenvalue weighted by molar-refractivity contribution is -0.130. The molecule has 104 valence electrons. The molecule has 0 bridgehead atoms. The SMILES string of the molecule is O=C(CCc1ccc(F)c(F)c1)N1C[C@@H](O)[C@@H](O)C1. The molecule has 0 aromatic heterocycles. The van der Waals surface area contributed by atoms with Gasteiger partial charge in [-0.05, 0) is 24.1 Å². The van der Waals surface area contributed by atoms with Crippen LogP contribution in [-0.2, 0) is 11.2 Å². The highest BCUT2D eigenvalue weighted by molar-refractivity contribution is 5.76. The first-order valence-electron chi connectivity index (χ1n) is 6.05. The van der Waals surface area contributed by atoms with Gasteiger partial charge in [-0.1, -0.05) is 6.07 Å². The first kappa shape index (κ1) is 13.9. The minimum Gasteiger partial charge on any atom is -0.388 e. The number of carbonyl (C=O) groups is 1. The molecule has 1 heterocycles. The monoisotopic (exact) mass is 271 g/mol. The van der Waals surface area contributed by atoms with Crippen molar-refractivity contribution in [2.24, 2.45) is 0 Å². The Balaban J connectivity index is 1.88. The number of aliphatic hydroxyl groups is 2. The molecule has 1 aromatic rings. The first-order chi connectivity index (χ1) is 8.97. The third kappa shape index (κ3) is 3.27. The summed E-state index contributed by atoms with van der Waals surface area (Å²) in [4.78, 5) is 13.2. The average molecular weight is 271 g/mol. The Bertz CT molecular complexity index is 471. The van der Waals surface area contributed by atoms with Crippen LogP contribution in [0.3, 0.4) is 0 Å². The fourth-order valence-corrected chi connectivity index (χ4v) is 2.08. The van der Waals surface area contributed by atoms with Gasteiger partial charge in [0.1, 0.15) is 0 Å². The van der Waals surface area contributed by atoms with Gasteiger partial charge in [-0.3, -0.25) is 4.79 Å². The molecule has 6 heteroatoms.